The molecule has 2 N–H and O–H groups in total. The number of nitrogens with zero attached hydrogens (tertiary/aromatic N) is 2. The van der Waals surface area contributed by atoms with Crippen LogP contribution >= 0.6 is 0 Å². The molecule has 9 heteroatoms. The number of amides is 2. The molecule has 0 aromatic heterocycles. The standard InChI is InChI=1S/C18H18N4O5/c1-12(20-21-18(24)13-3-9-16(27-2)10-4-13)11-17(23)19-14-5-7-15(8-6-14)22(25)26/h3-10H,11H2,1-2H3,(H,19,23)(H,21,24)/b20-12+. The Labute approximate surface area is 155 Å². The molecule has 0 atom stereocenters. The summed E-state index contributed by atoms with van der Waals surface area (Å²) in [7, 11) is 1.53. The minimum atomic E-state index is -0.520. The van der Waals surface area contributed by atoms with E-state index in [1.165, 1.54) is 31.4 Å². The maximum Gasteiger partial charge on any atom is 0.271 e. The summed E-state index contributed by atoms with van der Waals surface area (Å²) in [5.41, 5.74) is 3.55. The van der Waals surface area contributed by atoms with Gasteiger partial charge in [-0.25, -0.2) is 5.43 Å². The third-order valence-electron chi connectivity index (χ3n) is 3.48. The van der Waals surface area contributed by atoms with E-state index in [0.29, 0.717) is 22.7 Å². The number of rotatable bonds is 7. The highest BCUT2D eigenvalue weighted by atomic mass is 16.6. The minimum Gasteiger partial charge on any atom is -0.497 e. The SMILES string of the molecule is COc1ccc(C(=O)N/N=C(\C)CC(=O)Nc2ccc([N+](=O)[O-])cc2)cc1. The lowest BCUT2D eigenvalue weighted by atomic mass is 10.2. The summed E-state index contributed by atoms with van der Waals surface area (Å²) in [4.78, 5) is 34.1. The quantitative estimate of drug-likeness (QED) is 0.441. The lowest BCUT2D eigenvalue weighted by Gasteiger charge is -2.06. The Morgan fingerprint density at radius 3 is 2.30 bits per heavy atom. The molecule has 2 amide bonds. The molecule has 0 saturated carbocycles. The molecule has 0 fully saturated rings. The Kier molecular flexibility index (Phi) is 6.59. The van der Waals surface area contributed by atoms with Crippen LogP contribution in [0.4, 0.5) is 11.4 Å². The van der Waals surface area contributed by atoms with Gasteiger partial charge in [0.25, 0.3) is 11.6 Å². The first-order valence-electron chi connectivity index (χ1n) is 7.91. The second-order valence-corrected chi connectivity index (χ2v) is 5.55. The molecule has 140 valence electrons. The molecule has 0 radical (unpaired) electrons. The van der Waals surface area contributed by atoms with E-state index in [0.717, 1.165) is 0 Å². The number of ether oxygens (including phenoxy) is 1. The topological polar surface area (TPSA) is 123 Å². The van der Waals surface area contributed by atoms with E-state index in [1.54, 1.807) is 31.2 Å². The van der Waals surface area contributed by atoms with Crippen LogP contribution in [0.3, 0.4) is 0 Å². The lowest BCUT2D eigenvalue weighted by Crippen LogP contribution is -2.21. The number of non-ortho nitro benzene ring substituents is 1. The molecular formula is C18H18N4O5. The number of anilines is 1. The van der Waals surface area contributed by atoms with Crippen LogP contribution in [0, 0.1) is 10.1 Å². The van der Waals surface area contributed by atoms with Gasteiger partial charge in [-0.2, -0.15) is 5.10 Å². The molecule has 2 aromatic carbocycles. The molecule has 0 saturated heterocycles. The van der Waals surface area contributed by atoms with Gasteiger partial charge in [0.2, 0.25) is 5.91 Å². The van der Waals surface area contributed by atoms with Crippen LogP contribution in [0.1, 0.15) is 23.7 Å². The minimum absolute atomic E-state index is 0.0418. The fraction of sp³-hybridized carbons (Fsp3) is 0.167. The lowest BCUT2D eigenvalue weighted by molar-refractivity contribution is -0.384. The Hall–Kier alpha value is -3.75. The first-order valence-corrected chi connectivity index (χ1v) is 7.91. The monoisotopic (exact) mass is 370 g/mol. The third kappa shape index (κ3) is 5.92. The zero-order valence-corrected chi connectivity index (χ0v) is 14.8. The van der Waals surface area contributed by atoms with Gasteiger partial charge in [0.1, 0.15) is 5.75 Å². The Bertz CT molecular complexity index is 860. The highest BCUT2D eigenvalue weighted by molar-refractivity contribution is 6.06. The number of hydrazone groups is 1. The van der Waals surface area contributed by atoms with Crippen molar-refractivity contribution in [3.8, 4) is 5.75 Å². The van der Waals surface area contributed by atoms with Gasteiger partial charge < -0.3 is 10.1 Å². The predicted molar refractivity (Wildman–Crippen MR) is 99.9 cm³/mol. The van der Waals surface area contributed by atoms with E-state index in [1.807, 2.05) is 0 Å². The number of nitro groups is 1. The van der Waals surface area contributed by atoms with Crippen molar-refractivity contribution < 1.29 is 19.2 Å². The van der Waals surface area contributed by atoms with Crippen LogP contribution in [0.2, 0.25) is 0 Å². The summed E-state index contributed by atoms with van der Waals surface area (Å²) >= 11 is 0. The summed E-state index contributed by atoms with van der Waals surface area (Å²) in [5.74, 6) is -0.134. The van der Waals surface area contributed by atoms with E-state index in [2.05, 4.69) is 15.8 Å². The van der Waals surface area contributed by atoms with Crippen molar-refractivity contribution in [3.63, 3.8) is 0 Å². The van der Waals surface area contributed by atoms with Gasteiger partial charge in [0.05, 0.1) is 18.5 Å². The van der Waals surface area contributed by atoms with Crippen molar-refractivity contribution >= 4 is 28.9 Å². The van der Waals surface area contributed by atoms with E-state index < -0.39 is 10.8 Å². The zero-order valence-electron chi connectivity index (χ0n) is 14.8. The highest BCUT2D eigenvalue weighted by Gasteiger charge is 2.09. The molecule has 27 heavy (non-hydrogen) atoms. The highest BCUT2D eigenvalue weighted by Crippen LogP contribution is 2.15. The largest absolute Gasteiger partial charge is 0.497 e. The van der Waals surface area contributed by atoms with Gasteiger partial charge in [0.15, 0.2) is 0 Å². The van der Waals surface area contributed by atoms with E-state index in [-0.39, 0.29) is 18.0 Å². The third-order valence-corrected chi connectivity index (χ3v) is 3.48. The molecule has 0 bridgehead atoms. The second kappa shape index (κ2) is 9.09. The molecule has 2 rings (SSSR count). The molecule has 0 spiro atoms. The van der Waals surface area contributed by atoms with Gasteiger partial charge in [0, 0.05) is 29.1 Å². The first-order chi connectivity index (χ1) is 12.9. The summed E-state index contributed by atoms with van der Waals surface area (Å²) in [6.45, 7) is 1.60. The first kappa shape index (κ1) is 19.6. The van der Waals surface area contributed by atoms with Crippen molar-refractivity contribution in [2.75, 3.05) is 12.4 Å². The smallest absolute Gasteiger partial charge is 0.271 e. The Morgan fingerprint density at radius 2 is 1.74 bits per heavy atom. The molecule has 0 unspecified atom stereocenters. The number of methoxy groups -OCH3 is 1. The van der Waals surface area contributed by atoms with Crippen molar-refractivity contribution in [1.82, 2.24) is 5.43 Å². The maximum atomic E-state index is 12.0. The summed E-state index contributed by atoms with van der Waals surface area (Å²) < 4.78 is 5.02. The Balaban J connectivity index is 1.87. The number of nitrogens with one attached hydrogen (secondary N) is 2. The Morgan fingerprint density at radius 1 is 1.11 bits per heavy atom. The number of hydrogen-bond donors (Lipinski definition) is 2. The van der Waals surface area contributed by atoms with Crippen LogP contribution in [0.5, 0.6) is 5.75 Å². The summed E-state index contributed by atoms with van der Waals surface area (Å²) in [6.07, 6.45) is -0.0418. The number of nitro benzene ring substituents is 1. The number of hydrogen-bond acceptors (Lipinski definition) is 6. The van der Waals surface area contributed by atoms with Gasteiger partial charge in [-0.15, -0.1) is 0 Å². The fourth-order valence-corrected chi connectivity index (χ4v) is 2.10. The zero-order chi connectivity index (χ0) is 19.8. The van der Waals surface area contributed by atoms with Crippen molar-refractivity contribution in [2.45, 2.75) is 13.3 Å². The number of benzene rings is 2. The van der Waals surface area contributed by atoms with Crippen LogP contribution < -0.4 is 15.5 Å². The van der Waals surface area contributed by atoms with Gasteiger partial charge in [-0.05, 0) is 43.3 Å². The van der Waals surface area contributed by atoms with Crippen molar-refractivity contribution in [1.29, 1.82) is 0 Å². The number of carbonyl (C=O) groups is 2. The molecule has 0 aliphatic carbocycles. The van der Waals surface area contributed by atoms with Crippen LogP contribution in [-0.2, 0) is 4.79 Å². The van der Waals surface area contributed by atoms with Crippen molar-refractivity contribution in [3.05, 3.63) is 64.2 Å². The normalized spacial score (nSPS) is 10.8. The van der Waals surface area contributed by atoms with E-state index in [9.17, 15) is 19.7 Å². The van der Waals surface area contributed by atoms with Crippen LogP contribution in [0.25, 0.3) is 0 Å². The number of carbonyl (C=O) groups excluding carboxylic acids is 2. The molecule has 2 aromatic rings. The van der Waals surface area contributed by atoms with Gasteiger partial charge >= 0.3 is 0 Å². The second-order valence-electron chi connectivity index (χ2n) is 5.55. The molecule has 0 aliphatic heterocycles. The van der Waals surface area contributed by atoms with E-state index >= 15 is 0 Å². The van der Waals surface area contributed by atoms with Crippen molar-refractivity contribution in [2.24, 2.45) is 5.10 Å². The maximum absolute atomic E-state index is 12.0. The van der Waals surface area contributed by atoms with Gasteiger partial charge in [-0.1, -0.05) is 0 Å². The molecule has 9 nitrogen and oxygen atoms in total. The van der Waals surface area contributed by atoms with E-state index in [4.69, 9.17) is 4.74 Å². The van der Waals surface area contributed by atoms with Crippen LogP contribution in [0.15, 0.2) is 53.6 Å². The fourth-order valence-electron chi connectivity index (χ4n) is 2.10. The molecule has 0 aliphatic rings. The average molecular weight is 370 g/mol. The predicted octanol–water partition coefficient (Wildman–Crippen LogP) is 2.74. The molecule has 0 heterocycles. The van der Waals surface area contributed by atoms with Crippen LogP contribution in [-0.4, -0.2) is 29.6 Å². The van der Waals surface area contributed by atoms with Gasteiger partial charge in [-0.3, -0.25) is 19.7 Å². The summed E-state index contributed by atoms with van der Waals surface area (Å²) in [6, 6.07) is 12.0. The average Bonchev–Trinajstić information content (AvgIpc) is 2.66. The molecular weight excluding hydrogens is 352 g/mol. The summed E-state index contributed by atoms with van der Waals surface area (Å²) in [5, 5.41) is 17.1.